The Morgan fingerprint density at radius 2 is 0.726 bits per heavy atom. The van der Waals surface area contributed by atoms with Crippen molar-refractivity contribution in [2.75, 3.05) is 40.9 Å². The van der Waals surface area contributed by atoms with Gasteiger partial charge in [-0.15, -0.1) is 0 Å². The predicted molar refractivity (Wildman–Crippen MR) is 365 cm³/mol. The maximum Gasteiger partial charge on any atom is 0.472 e. The summed E-state index contributed by atoms with van der Waals surface area (Å²) in [6, 6.07) is -0.855. The van der Waals surface area contributed by atoms with Crippen LogP contribution in [0.2, 0.25) is 0 Å². The first-order valence-corrected chi connectivity index (χ1v) is 37.3. The fourth-order valence-corrected chi connectivity index (χ4v) is 11.1. The standard InChI is InChI=1S/C74H137N2O7P/c1-7-10-13-16-19-22-25-28-30-32-34-36-37-38-39-41-43-45-47-49-52-55-58-61-64-67-74(78)83-72(65-62-59-56-53-50-27-24-21-18-15-12-9-3)71(70-82-84(79,80)81-69-68-76(4,5)6)75-73(77)66-63-60-57-54-51-48-46-44-42-40-35-33-31-29-26-23-20-17-14-11-8-2/h19-20,22-23,28-31,35,40,62,65,71-72H,7-18,21,24-27,32-34,36-39,41-61,63-64,66-70H2,1-6H3,(H-,75,77,79,80)/p+1/b22-19-,23-20-,30-28-,31-29-,40-35-,65-62+. The van der Waals surface area contributed by atoms with Gasteiger partial charge >= 0.3 is 13.8 Å². The van der Waals surface area contributed by atoms with Crippen LogP contribution in [0.25, 0.3) is 0 Å². The van der Waals surface area contributed by atoms with Gasteiger partial charge in [0.15, 0.2) is 0 Å². The molecule has 0 rings (SSSR count). The van der Waals surface area contributed by atoms with E-state index in [2.05, 4.69) is 86.8 Å². The van der Waals surface area contributed by atoms with Crippen LogP contribution in [0.1, 0.15) is 335 Å². The minimum absolute atomic E-state index is 0.0376. The van der Waals surface area contributed by atoms with Crippen LogP contribution in [-0.4, -0.2) is 74.3 Å². The number of ether oxygens (including phenoxy) is 1. The van der Waals surface area contributed by atoms with E-state index >= 15 is 0 Å². The average Bonchev–Trinajstić information content (AvgIpc) is 3.64. The summed E-state index contributed by atoms with van der Waals surface area (Å²) in [7, 11) is 1.50. The molecule has 0 radical (unpaired) electrons. The van der Waals surface area contributed by atoms with Gasteiger partial charge in [-0.05, 0) is 102 Å². The quantitative estimate of drug-likeness (QED) is 0.0205. The van der Waals surface area contributed by atoms with Crippen LogP contribution in [-0.2, 0) is 27.9 Å². The van der Waals surface area contributed by atoms with Gasteiger partial charge in [0.05, 0.1) is 33.8 Å². The number of rotatable bonds is 65. The molecule has 2 N–H and O–H groups in total. The van der Waals surface area contributed by atoms with Crippen molar-refractivity contribution in [1.82, 2.24) is 5.32 Å². The molecule has 490 valence electrons. The molecular weight excluding hydrogens is 1060 g/mol. The molecule has 0 spiro atoms. The molecule has 3 atom stereocenters. The zero-order chi connectivity index (χ0) is 61.4. The lowest BCUT2D eigenvalue weighted by Gasteiger charge is -2.27. The zero-order valence-electron chi connectivity index (χ0n) is 56.1. The van der Waals surface area contributed by atoms with Crippen LogP contribution in [0.5, 0.6) is 0 Å². The van der Waals surface area contributed by atoms with Crippen molar-refractivity contribution in [3.8, 4) is 0 Å². The fraction of sp³-hybridized carbons (Fsp3) is 0.811. The minimum atomic E-state index is -4.46. The summed E-state index contributed by atoms with van der Waals surface area (Å²) in [6.07, 6.45) is 83.4. The second-order valence-electron chi connectivity index (χ2n) is 25.4. The maximum atomic E-state index is 13.6. The number of esters is 1. The highest BCUT2D eigenvalue weighted by Gasteiger charge is 2.30. The summed E-state index contributed by atoms with van der Waals surface area (Å²) in [4.78, 5) is 37.9. The van der Waals surface area contributed by atoms with Gasteiger partial charge in [0, 0.05) is 12.8 Å². The SMILES string of the molecule is CCCCC/C=C\C/C=C\C/C=C\CCCCCCCCCCC(=O)NC(COP(=O)(O)OCC[N+](C)(C)C)C(/C=C/CCCCCCCCCCCC)OC(=O)CCCCCCCCCCCCCCCCC/C=C\C/C=C\CCCCC. The Morgan fingerprint density at radius 1 is 0.417 bits per heavy atom. The second-order valence-corrected chi connectivity index (χ2v) is 26.9. The van der Waals surface area contributed by atoms with Gasteiger partial charge in [-0.1, -0.05) is 293 Å². The number of amides is 1. The monoisotopic (exact) mass is 1200 g/mol. The third-order valence-corrected chi connectivity index (χ3v) is 16.9. The largest absolute Gasteiger partial charge is 0.472 e. The molecule has 1 amide bonds. The number of phosphoric ester groups is 1. The molecular formula is C74H138N2O7P+. The van der Waals surface area contributed by atoms with Crippen LogP contribution >= 0.6 is 7.82 Å². The average molecular weight is 1200 g/mol. The number of likely N-dealkylation sites (N-methyl/N-ethyl adjacent to an activating group) is 1. The first-order valence-electron chi connectivity index (χ1n) is 35.8. The summed E-state index contributed by atoms with van der Waals surface area (Å²) >= 11 is 0. The number of nitrogens with one attached hydrogen (secondary N) is 1. The first-order chi connectivity index (χ1) is 40.9. The van der Waals surface area contributed by atoms with Crippen LogP contribution in [0.15, 0.2) is 72.9 Å². The molecule has 0 aliphatic rings. The van der Waals surface area contributed by atoms with E-state index < -0.39 is 20.0 Å². The van der Waals surface area contributed by atoms with Crippen molar-refractivity contribution < 1.29 is 37.3 Å². The van der Waals surface area contributed by atoms with Gasteiger partial charge < -0.3 is 19.4 Å². The molecule has 9 nitrogen and oxygen atoms in total. The lowest BCUT2D eigenvalue weighted by atomic mass is 10.0. The Balaban J connectivity index is 5.06. The number of hydrogen-bond acceptors (Lipinski definition) is 6. The molecule has 0 heterocycles. The number of carbonyl (C=O) groups is 2. The van der Waals surface area contributed by atoms with Crippen molar-refractivity contribution in [1.29, 1.82) is 0 Å². The zero-order valence-corrected chi connectivity index (χ0v) is 57.0. The second kappa shape index (κ2) is 63.5. The van der Waals surface area contributed by atoms with E-state index in [1.807, 2.05) is 33.3 Å². The highest BCUT2D eigenvalue weighted by atomic mass is 31.2. The van der Waals surface area contributed by atoms with Crippen molar-refractivity contribution in [3.05, 3.63) is 72.9 Å². The molecule has 3 unspecified atom stereocenters. The molecule has 0 saturated heterocycles. The Labute approximate surface area is 521 Å². The van der Waals surface area contributed by atoms with E-state index in [0.29, 0.717) is 17.4 Å². The molecule has 10 heteroatoms. The van der Waals surface area contributed by atoms with Gasteiger partial charge in [0.2, 0.25) is 5.91 Å². The van der Waals surface area contributed by atoms with Gasteiger partial charge in [0.25, 0.3) is 0 Å². The number of quaternary nitrogens is 1. The number of carbonyl (C=O) groups excluding carboxylic acids is 2. The molecule has 84 heavy (non-hydrogen) atoms. The molecule has 0 aromatic rings. The molecule has 0 saturated carbocycles. The highest BCUT2D eigenvalue weighted by Crippen LogP contribution is 2.43. The maximum absolute atomic E-state index is 13.6. The summed E-state index contributed by atoms with van der Waals surface area (Å²) < 4.78 is 30.8. The third-order valence-electron chi connectivity index (χ3n) is 15.9. The molecule has 0 fully saturated rings. The van der Waals surface area contributed by atoms with E-state index in [9.17, 15) is 19.0 Å². The molecule has 0 aromatic carbocycles. The third kappa shape index (κ3) is 63.9. The van der Waals surface area contributed by atoms with Gasteiger partial charge in [-0.25, -0.2) is 4.57 Å². The van der Waals surface area contributed by atoms with Gasteiger partial charge in [0.1, 0.15) is 19.3 Å². The first kappa shape index (κ1) is 81.5. The van der Waals surface area contributed by atoms with E-state index in [-0.39, 0.29) is 31.5 Å². The Morgan fingerprint density at radius 3 is 1.11 bits per heavy atom. The van der Waals surface area contributed by atoms with Gasteiger partial charge in [-0.2, -0.15) is 0 Å². The van der Waals surface area contributed by atoms with E-state index in [4.69, 9.17) is 13.8 Å². The van der Waals surface area contributed by atoms with E-state index in [1.165, 1.54) is 212 Å². The molecule has 0 aliphatic carbocycles. The number of unbranched alkanes of at least 4 members (excludes halogenated alkanes) is 39. The van der Waals surface area contributed by atoms with Crippen LogP contribution in [0.3, 0.4) is 0 Å². The smallest absolute Gasteiger partial charge is 0.456 e. The number of allylic oxidation sites excluding steroid dienone is 11. The minimum Gasteiger partial charge on any atom is -0.456 e. The molecule has 0 aliphatic heterocycles. The topological polar surface area (TPSA) is 111 Å². The predicted octanol–water partition coefficient (Wildman–Crippen LogP) is 22.7. The molecule has 0 aromatic heterocycles. The number of nitrogens with zero attached hydrogens (tertiary/aromatic N) is 1. The summed E-state index contributed by atoms with van der Waals surface area (Å²) in [6.45, 7) is 6.99. The van der Waals surface area contributed by atoms with Crippen LogP contribution < -0.4 is 5.32 Å². The number of phosphoric acid groups is 1. The Hall–Kier alpha value is -2.55. The van der Waals surface area contributed by atoms with Crippen molar-refractivity contribution in [3.63, 3.8) is 0 Å². The Bertz CT molecular complexity index is 1670. The van der Waals surface area contributed by atoms with Gasteiger partial charge in [-0.3, -0.25) is 18.6 Å². The number of hydrogen-bond donors (Lipinski definition) is 2. The van der Waals surface area contributed by atoms with Crippen molar-refractivity contribution in [2.45, 2.75) is 348 Å². The Kier molecular flexibility index (Phi) is 61.5. The lowest BCUT2D eigenvalue weighted by molar-refractivity contribution is -0.870. The van der Waals surface area contributed by atoms with E-state index in [1.54, 1.807) is 0 Å². The van der Waals surface area contributed by atoms with Crippen LogP contribution in [0.4, 0.5) is 0 Å². The van der Waals surface area contributed by atoms with Crippen molar-refractivity contribution in [2.24, 2.45) is 0 Å². The fourth-order valence-electron chi connectivity index (χ4n) is 10.3. The van der Waals surface area contributed by atoms with E-state index in [0.717, 1.165) is 89.9 Å². The highest BCUT2D eigenvalue weighted by molar-refractivity contribution is 7.47. The summed E-state index contributed by atoms with van der Waals surface area (Å²) in [5, 5.41) is 3.07. The van der Waals surface area contributed by atoms with Crippen molar-refractivity contribution >= 4 is 19.7 Å². The van der Waals surface area contributed by atoms with Crippen LogP contribution in [0, 0.1) is 0 Å². The lowest BCUT2D eigenvalue weighted by Crippen LogP contribution is -2.47. The summed E-state index contributed by atoms with van der Waals surface area (Å²) in [5.74, 6) is -0.503. The molecule has 0 bridgehead atoms. The summed E-state index contributed by atoms with van der Waals surface area (Å²) in [5.41, 5.74) is 0. The normalized spacial score (nSPS) is 13.9.